The Morgan fingerprint density at radius 1 is 0.508 bits per heavy atom. The maximum absolute atomic E-state index is 12.8. The van der Waals surface area contributed by atoms with Gasteiger partial charge in [0.2, 0.25) is 0 Å². The zero-order chi connectivity index (χ0) is 43.5. The molecular weight excluding hydrogens is 743 g/mol. The number of quaternary nitrogens is 1. The van der Waals surface area contributed by atoms with E-state index in [-0.39, 0.29) is 38.6 Å². The van der Waals surface area contributed by atoms with Gasteiger partial charge >= 0.3 is 11.9 Å². The summed E-state index contributed by atoms with van der Waals surface area (Å²) in [5, 5.41) is 11.7. The summed E-state index contributed by atoms with van der Waals surface area (Å²) in [4.78, 5) is 37.0. The van der Waals surface area contributed by atoms with Crippen LogP contribution in [0.25, 0.3) is 0 Å². The number of esters is 2. The molecule has 59 heavy (non-hydrogen) atoms. The van der Waals surface area contributed by atoms with Crippen LogP contribution in [-0.4, -0.2) is 82.3 Å². The fraction of sp³-hybridized carbons (Fsp3) is 0.820. The summed E-state index contributed by atoms with van der Waals surface area (Å²) in [7, 11) is 5.90. The van der Waals surface area contributed by atoms with Crippen LogP contribution >= 0.6 is 0 Å². The van der Waals surface area contributed by atoms with Crippen molar-refractivity contribution in [1.82, 2.24) is 0 Å². The summed E-state index contributed by atoms with van der Waals surface area (Å²) in [6, 6.07) is 0. The third-order valence-electron chi connectivity index (χ3n) is 10.4. The second kappa shape index (κ2) is 42.2. The Morgan fingerprint density at radius 3 is 1.37 bits per heavy atom. The maximum Gasteiger partial charge on any atom is 0.306 e. The van der Waals surface area contributed by atoms with Crippen molar-refractivity contribution >= 4 is 17.9 Å². The number of carbonyl (C=O) groups excluding carboxylic acids is 3. The van der Waals surface area contributed by atoms with Gasteiger partial charge in [-0.15, -0.1) is 0 Å². The number of ether oxygens (including phenoxy) is 4. The normalized spacial score (nSPS) is 13.2. The van der Waals surface area contributed by atoms with Crippen molar-refractivity contribution in [3.05, 3.63) is 36.5 Å². The Bertz CT molecular complexity index is 1070. The van der Waals surface area contributed by atoms with Gasteiger partial charge in [0.05, 0.1) is 40.3 Å². The summed E-state index contributed by atoms with van der Waals surface area (Å²) in [6.07, 6.45) is 44.5. The quantitative estimate of drug-likeness (QED) is 0.0196. The van der Waals surface area contributed by atoms with Crippen LogP contribution in [0, 0.1) is 0 Å². The second-order valence-corrected chi connectivity index (χ2v) is 17.4. The number of carboxylic acids is 1. The van der Waals surface area contributed by atoms with E-state index in [1.807, 2.05) is 21.1 Å². The molecule has 0 aromatic rings. The Morgan fingerprint density at radius 2 is 0.915 bits per heavy atom. The van der Waals surface area contributed by atoms with Crippen molar-refractivity contribution in [2.45, 2.75) is 219 Å². The maximum atomic E-state index is 12.8. The van der Waals surface area contributed by atoms with Crippen LogP contribution in [0.4, 0.5) is 0 Å². The van der Waals surface area contributed by atoms with E-state index in [1.54, 1.807) is 0 Å². The highest BCUT2D eigenvalue weighted by Gasteiger charge is 2.21. The van der Waals surface area contributed by atoms with E-state index >= 15 is 0 Å². The van der Waals surface area contributed by atoms with Crippen LogP contribution in [0.15, 0.2) is 36.5 Å². The lowest BCUT2D eigenvalue weighted by molar-refractivity contribution is -0.870. The molecule has 0 N–H and O–H groups in total. The molecule has 0 spiro atoms. The fourth-order valence-corrected chi connectivity index (χ4v) is 6.56. The highest BCUT2D eigenvalue weighted by Crippen LogP contribution is 2.14. The number of rotatable bonds is 44. The summed E-state index contributed by atoms with van der Waals surface area (Å²) in [5.41, 5.74) is 0. The number of allylic oxidation sites excluding steroid dienone is 6. The lowest BCUT2D eigenvalue weighted by Gasteiger charge is -2.26. The molecule has 0 radical (unpaired) electrons. The number of unbranched alkanes of at least 4 members (excludes halogenated alkanes) is 23. The van der Waals surface area contributed by atoms with Crippen molar-refractivity contribution in [2.24, 2.45) is 0 Å². The minimum atomic E-state index is -1.62. The van der Waals surface area contributed by atoms with Crippen LogP contribution in [-0.2, 0) is 33.3 Å². The smallest absolute Gasteiger partial charge is 0.306 e. The zero-order valence-electron chi connectivity index (χ0n) is 38.9. The predicted octanol–water partition coefficient (Wildman–Crippen LogP) is 11.7. The molecule has 0 bridgehead atoms. The van der Waals surface area contributed by atoms with Gasteiger partial charge in [0.1, 0.15) is 13.2 Å². The molecule has 0 aliphatic heterocycles. The Labute approximate surface area is 362 Å². The summed E-state index contributed by atoms with van der Waals surface area (Å²) >= 11 is 0. The average molecular weight is 834 g/mol. The van der Waals surface area contributed by atoms with Crippen LogP contribution in [0.3, 0.4) is 0 Å². The van der Waals surface area contributed by atoms with E-state index in [0.717, 1.165) is 70.6 Å². The summed E-state index contributed by atoms with van der Waals surface area (Å²) in [5.74, 6) is -2.31. The van der Waals surface area contributed by atoms with E-state index in [1.165, 1.54) is 103 Å². The third kappa shape index (κ3) is 43.4. The van der Waals surface area contributed by atoms with Gasteiger partial charge in [0.25, 0.3) is 0 Å². The number of hydrogen-bond donors (Lipinski definition) is 0. The number of carboxylic acid groups (broad SMARTS) is 1. The molecule has 0 aliphatic carbocycles. The molecule has 0 heterocycles. The average Bonchev–Trinajstić information content (AvgIpc) is 3.19. The molecule has 0 rings (SSSR count). The Kier molecular flexibility index (Phi) is 40.4. The number of nitrogens with zero attached hydrogens (tertiary/aromatic N) is 1. The molecule has 9 nitrogen and oxygen atoms in total. The molecule has 2 atom stereocenters. The van der Waals surface area contributed by atoms with Gasteiger partial charge in [-0.1, -0.05) is 159 Å². The molecule has 0 amide bonds. The van der Waals surface area contributed by atoms with Crippen LogP contribution in [0.5, 0.6) is 0 Å². The predicted molar refractivity (Wildman–Crippen MR) is 242 cm³/mol. The molecule has 0 aliphatic rings. The van der Waals surface area contributed by atoms with Crippen molar-refractivity contribution in [1.29, 1.82) is 0 Å². The highest BCUT2D eigenvalue weighted by atomic mass is 16.7. The Balaban J connectivity index is 4.41. The number of aliphatic carboxylic acids is 1. The van der Waals surface area contributed by atoms with Crippen LogP contribution in [0.2, 0.25) is 0 Å². The van der Waals surface area contributed by atoms with Gasteiger partial charge in [-0.25, -0.2) is 0 Å². The van der Waals surface area contributed by atoms with Gasteiger partial charge in [0.15, 0.2) is 12.4 Å². The third-order valence-corrected chi connectivity index (χ3v) is 10.4. The van der Waals surface area contributed by atoms with Gasteiger partial charge in [-0.2, -0.15) is 0 Å². The molecule has 2 unspecified atom stereocenters. The lowest BCUT2D eigenvalue weighted by atomic mass is 10.1. The highest BCUT2D eigenvalue weighted by molar-refractivity contribution is 5.70. The Hall–Kier alpha value is -2.49. The number of likely N-dealkylation sites (N-methyl/N-ethyl adjacent to an activating group) is 1. The van der Waals surface area contributed by atoms with Gasteiger partial charge in [-0.3, -0.25) is 9.59 Å². The van der Waals surface area contributed by atoms with Crippen LogP contribution < -0.4 is 5.11 Å². The minimum absolute atomic E-state index is 0.144. The molecule has 0 fully saturated rings. The SMILES string of the molecule is CCCCCC/C=C\C/C=C\CCCCCCCC(=O)OC(COC(=O)CCCCCCCCC/C=C\CCCCCCCCC)COC(OCC[N+](C)(C)C)C(=O)[O-]. The number of hydrogen-bond acceptors (Lipinski definition) is 8. The largest absolute Gasteiger partial charge is 0.545 e. The molecule has 0 aromatic heterocycles. The van der Waals surface area contributed by atoms with Crippen molar-refractivity contribution in [2.75, 3.05) is 47.5 Å². The second-order valence-electron chi connectivity index (χ2n) is 17.4. The van der Waals surface area contributed by atoms with Gasteiger partial charge in [-0.05, 0) is 70.6 Å². The summed E-state index contributed by atoms with van der Waals surface area (Å²) < 4.78 is 22.6. The van der Waals surface area contributed by atoms with Crippen molar-refractivity contribution < 1.29 is 42.9 Å². The van der Waals surface area contributed by atoms with E-state index in [4.69, 9.17) is 18.9 Å². The van der Waals surface area contributed by atoms with E-state index in [9.17, 15) is 19.5 Å². The van der Waals surface area contributed by atoms with Crippen LogP contribution in [0.1, 0.15) is 206 Å². The monoisotopic (exact) mass is 834 g/mol. The molecule has 0 saturated heterocycles. The standard InChI is InChI=1S/C50H91NO8/c1-6-8-10-12-14-16-18-20-22-24-25-27-28-30-32-34-36-38-40-47(52)57-44-46(45-58-50(49(54)55)56-43-42-51(3,4)5)59-48(53)41-39-37-35-33-31-29-26-23-21-19-17-15-13-11-9-7-2/h17,19,22-24,26,46,50H,6-16,18,20-21,25,27-45H2,1-5H3/b19-17-,24-22-,26-23-. The first-order chi connectivity index (χ1) is 28.6. The van der Waals surface area contributed by atoms with Crippen molar-refractivity contribution in [3.63, 3.8) is 0 Å². The summed E-state index contributed by atoms with van der Waals surface area (Å²) in [6.45, 7) is 4.71. The first kappa shape index (κ1) is 56.5. The topological polar surface area (TPSA) is 111 Å². The minimum Gasteiger partial charge on any atom is -0.545 e. The number of carbonyl (C=O) groups is 3. The molecule has 9 heteroatoms. The molecular formula is C50H91NO8. The zero-order valence-corrected chi connectivity index (χ0v) is 38.9. The van der Waals surface area contributed by atoms with E-state index < -0.39 is 24.3 Å². The van der Waals surface area contributed by atoms with Gasteiger partial charge < -0.3 is 33.3 Å². The molecule has 0 aromatic carbocycles. The first-order valence-corrected chi connectivity index (χ1v) is 24.1. The first-order valence-electron chi connectivity index (χ1n) is 24.1. The van der Waals surface area contributed by atoms with E-state index in [2.05, 4.69) is 50.3 Å². The van der Waals surface area contributed by atoms with Gasteiger partial charge in [0, 0.05) is 12.8 Å². The molecule has 0 saturated carbocycles. The molecule has 344 valence electrons. The van der Waals surface area contributed by atoms with E-state index in [0.29, 0.717) is 17.4 Å². The van der Waals surface area contributed by atoms with Crippen molar-refractivity contribution in [3.8, 4) is 0 Å². The lowest BCUT2D eigenvalue weighted by Crippen LogP contribution is -2.44. The fourth-order valence-electron chi connectivity index (χ4n) is 6.56.